The van der Waals surface area contributed by atoms with Gasteiger partial charge in [-0.05, 0) is 38.3 Å². The van der Waals surface area contributed by atoms with Crippen LogP contribution in [-0.2, 0) is 16.3 Å². The van der Waals surface area contributed by atoms with E-state index in [1.165, 1.54) is 17.4 Å². The van der Waals surface area contributed by atoms with Crippen LogP contribution in [0.5, 0.6) is 0 Å². The zero-order chi connectivity index (χ0) is 13.8. The van der Waals surface area contributed by atoms with E-state index >= 15 is 0 Å². The highest BCUT2D eigenvalue weighted by Gasteiger charge is 2.13. The fraction of sp³-hybridized carbons (Fsp3) is 0.571. The molecule has 0 spiro atoms. The Morgan fingerprint density at radius 1 is 1.17 bits per heavy atom. The monoisotopic (exact) mass is 269 g/mol. The molecular weight excluding hydrogens is 246 g/mol. The van der Waals surface area contributed by atoms with E-state index in [-0.39, 0.29) is 17.8 Å². The number of aryl methyl sites for hydroxylation is 1. The second kappa shape index (κ2) is 6.34. The van der Waals surface area contributed by atoms with Crippen molar-refractivity contribution in [2.75, 3.05) is 12.0 Å². The Bertz CT molecular complexity index is 482. The molecule has 0 amide bonds. The van der Waals surface area contributed by atoms with E-state index in [1.54, 1.807) is 0 Å². The quantitative estimate of drug-likeness (QED) is 0.858. The van der Waals surface area contributed by atoms with Crippen molar-refractivity contribution in [1.82, 2.24) is 5.32 Å². The third-order valence-corrected chi connectivity index (χ3v) is 4.01. The van der Waals surface area contributed by atoms with Crippen LogP contribution in [0.15, 0.2) is 24.3 Å². The molecule has 0 saturated carbocycles. The predicted molar refractivity (Wildman–Crippen MR) is 76.7 cm³/mol. The summed E-state index contributed by atoms with van der Waals surface area (Å²) >= 11 is 0. The van der Waals surface area contributed by atoms with Crippen LogP contribution in [0.3, 0.4) is 0 Å². The Hall–Kier alpha value is -0.870. The van der Waals surface area contributed by atoms with Gasteiger partial charge in [0.15, 0.2) is 0 Å². The Morgan fingerprint density at radius 2 is 1.78 bits per heavy atom. The summed E-state index contributed by atoms with van der Waals surface area (Å²) < 4.78 is 22.4. The van der Waals surface area contributed by atoms with Crippen LogP contribution in [0.2, 0.25) is 0 Å². The lowest BCUT2D eigenvalue weighted by Gasteiger charge is -2.20. The van der Waals surface area contributed by atoms with Gasteiger partial charge in [0, 0.05) is 18.3 Å². The SMILES string of the molecule is Cc1ccccc1CC(C)NC(C)CS(C)(=O)=O. The van der Waals surface area contributed by atoms with Gasteiger partial charge in [-0.25, -0.2) is 8.42 Å². The minimum atomic E-state index is -2.91. The van der Waals surface area contributed by atoms with Gasteiger partial charge in [-0.2, -0.15) is 0 Å². The van der Waals surface area contributed by atoms with Crippen LogP contribution in [0.1, 0.15) is 25.0 Å². The topological polar surface area (TPSA) is 46.2 Å². The molecule has 0 aliphatic rings. The van der Waals surface area contributed by atoms with Gasteiger partial charge < -0.3 is 5.32 Å². The standard InChI is InChI=1S/C14H23NO2S/c1-11-7-5-6-8-14(11)9-12(2)15-13(3)10-18(4,16)17/h5-8,12-13,15H,9-10H2,1-4H3. The molecule has 3 nitrogen and oxygen atoms in total. The highest BCUT2D eigenvalue weighted by molar-refractivity contribution is 7.90. The number of hydrogen-bond donors (Lipinski definition) is 1. The van der Waals surface area contributed by atoms with Crippen LogP contribution >= 0.6 is 0 Å². The lowest BCUT2D eigenvalue weighted by atomic mass is 10.0. The van der Waals surface area contributed by atoms with Crippen molar-refractivity contribution in [3.63, 3.8) is 0 Å². The molecule has 0 aliphatic carbocycles. The summed E-state index contributed by atoms with van der Waals surface area (Å²) in [7, 11) is -2.91. The largest absolute Gasteiger partial charge is 0.310 e. The number of nitrogens with one attached hydrogen (secondary N) is 1. The normalized spacial score (nSPS) is 15.3. The molecule has 0 bridgehead atoms. The number of sulfone groups is 1. The average Bonchev–Trinajstić information content (AvgIpc) is 2.18. The first-order valence-corrected chi connectivity index (χ1v) is 8.32. The van der Waals surface area contributed by atoms with E-state index in [0.29, 0.717) is 0 Å². The lowest BCUT2D eigenvalue weighted by Crippen LogP contribution is -2.39. The van der Waals surface area contributed by atoms with Crippen LogP contribution in [0.25, 0.3) is 0 Å². The maximum absolute atomic E-state index is 11.2. The smallest absolute Gasteiger partial charge is 0.148 e. The predicted octanol–water partition coefficient (Wildman–Crippen LogP) is 1.95. The van der Waals surface area contributed by atoms with Crippen LogP contribution in [0.4, 0.5) is 0 Å². The van der Waals surface area contributed by atoms with Crippen molar-refractivity contribution in [2.45, 2.75) is 39.3 Å². The van der Waals surface area contributed by atoms with Gasteiger partial charge in [0.25, 0.3) is 0 Å². The van der Waals surface area contributed by atoms with Gasteiger partial charge in [-0.3, -0.25) is 0 Å². The first-order chi connectivity index (χ1) is 8.28. The molecule has 2 unspecified atom stereocenters. The van der Waals surface area contributed by atoms with Crippen molar-refractivity contribution in [3.05, 3.63) is 35.4 Å². The summed E-state index contributed by atoms with van der Waals surface area (Å²) in [6.45, 7) is 6.10. The molecular formula is C14H23NO2S. The molecule has 4 heteroatoms. The first kappa shape index (κ1) is 15.2. The molecule has 1 aromatic carbocycles. The number of benzene rings is 1. The van der Waals surface area contributed by atoms with Gasteiger partial charge in [-0.15, -0.1) is 0 Å². The van der Waals surface area contributed by atoms with Crippen molar-refractivity contribution in [2.24, 2.45) is 0 Å². The molecule has 0 fully saturated rings. The van der Waals surface area contributed by atoms with E-state index in [4.69, 9.17) is 0 Å². The summed E-state index contributed by atoms with van der Waals surface area (Å²) in [6.07, 6.45) is 2.19. The molecule has 0 aliphatic heterocycles. The summed E-state index contributed by atoms with van der Waals surface area (Å²) in [5, 5.41) is 3.33. The zero-order valence-electron chi connectivity index (χ0n) is 11.6. The minimum Gasteiger partial charge on any atom is -0.310 e. The Labute approximate surface area is 111 Å². The van der Waals surface area contributed by atoms with Crippen molar-refractivity contribution >= 4 is 9.84 Å². The first-order valence-electron chi connectivity index (χ1n) is 6.26. The van der Waals surface area contributed by atoms with E-state index in [2.05, 4.69) is 31.3 Å². The van der Waals surface area contributed by atoms with Gasteiger partial charge in [0.2, 0.25) is 0 Å². The molecule has 0 aromatic heterocycles. The van der Waals surface area contributed by atoms with Gasteiger partial charge in [0.1, 0.15) is 9.84 Å². The molecule has 18 heavy (non-hydrogen) atoms. The van der Waals surface area contributed by atoms with E-state index in [1.807, 2.05) is 19.1 Å². The minimum absolute atomic E-state index is 0.0148. The van der Waals surface area contributed by atoms with Crippen LogP contribution in [-0.4, -0.2) is 32.5 Å². The number of hydrogen-bond acceptors (Lipinski definition) is 3. The molecule has 1 rings (SSSR count). The van der Waals surface area contributed by atoms with Gasteiger partial charge >= 0.3 is 0 Å². The fourth-order valence-corrected chi connectivity index (χ4v) is 3.22. The van der Waals surface area contributed by atoms with Crippen LogP contribution < -0.4 is 5.32 Å². The van der Waals surface area contributed by atoms with Crippen molar-refractivity contribution in [3.8, 4) is 0 Å². The number of rotatable bonds is 6. The molecule has 0 radical (unpaired) electrons. The van der Waals surface area contributed by atoms with Crippen molar-refractivity contribution in [1.29, 1.82) is 0 Å². The zero-order valence-corrected chi connectivity index (χ0v) is 12.4. The highest BCUT2D eigenvalue weighted by atomic mass is 32.2. The lowest BCUT2D eigenvalue weighted by molar-refractivity contribution is 0.483. The van der Waals surface area contributed by atoms with E-state index in [0.717, 1.165) is 6.42 Å². The fourth-order valence-electron chi connectivity index (χ4n) is 2.22. The molecule has 0 heterocycles. The summed E-state index contributed by atoms with van der Waals surface area (Å²) in [5.74, 6) is 0.186. The molecule has 1 aromatic rings. The average molecular weight is 269 g/mol. The third-order valence-electron chi connectivity index (χ3n) is 2.91. The maximum atomic E-state index is 11.2. The maximum Gasteiger partial charge on any atom is 0.148 e. The van der Waals surface area contributed by atoms with E-state index in [9.17, 15) is 8.42 Å². The Morgan fingerprint density at radius 3 is 2.33 bits per heavy atom. The third kappa shape index (κ3) is 5.65. The van der Waals surface area contributed by atoms with Gasteiger partial charge in [0.05, 0.1) is 5.75 Å². The Kier molecular flexibility index (Phi) is 5.35. The van der Waals surface area contributed by atoms with Crippen LogP contribution in [0, 0.1) is 6.92 Å². The second-order valence-electron chi connectivity index (χ2n) is 5.19. The highest BCUT2D eigenvalue weighted by Crippen LogP contribution is 2.10. The van der Waals surface area contributed by atoms with Crippen molar-refractivity contribution < 1.29 is 8.42 Å². The summed E-state index contributed by atoms with van der Waals surface area (Å²) in [6, 6.07) is 8.54. The van der Waals surface area contributed by atoms with E-state index < -0.39 is 9.84 Å². The second-order valence-corrected chi connectivity index (χ2v) is 7.38. The molecule has 102 valence electrons. The molecule has 2 atom stereocenters. The summed E-state index contributed by atoms with van der Waals surface area (Å²) in [5.41, 5.74) is 2.59. The molecule has 1 N–H and O–H groups in total. The van der Waals surface area contributed by atoms with Gasteiger partial charge in [-0.1, -0.05) is 24.3 Å². The Balaban J connectivity index is 2.52. The summed E-state index contributed by atoms with van der Waals surface area (Å²) in [4.78, 5) is 0. The molecule has 0 saturated heterocycles.